The fourth-order valence-corrected chi connectivity index (χ4v) is 3.53. The lowest BCUT2D eigenvalue weighted by Crippen LogP contribution is -2.16. The number of Topliss-reactive ketones (excluding diaryl/α,β-unsaturated/α-hetero) is 1. The number of rotatable bonds is 8. The minimum absolute atomic E-state index is 0.249. The van der Waals surface area contributed by atoms with Crippen LogP contribution in [-0.4, -0.2) is 41.7 Å². The summed E-state index contributed by atoms with van der Waals surface area (Å²) in [6, 6.07) is 7.12. The minimum atomic E-state index is -0.550. The molecular weight excluding hydrogens is 366 g/mol. The summed E-state index contributed by atoms with van der Waals surface area (Å²) in [4.78, 5) is 40.6. The van der Waals surface area contributed by atoms with E-state index in [4.69, 9.17) is 9.47 Å². The lowest BCUT2D eigenvalue weighted by Gasteiger charge is -2.08. The maximum Gasteiger partial charge on any atom is 0.340 e. The molecule has 0 aliphatic carbocycles. The first-order valence-electron chi connectivity index (χ1n) is 8.69. The van der Waals surface area contributed by atoms with Crippen molar-refractivity contribution in [2.75, 3.05) is 19.0 Å². The lowest BCUT2D eigenvalue weighted by atomic mass is 10.1. The predicted octanol–water partition coefficient (Wildman–Crippen LogP) is 3.96. The Kier molecular flexibility index (Phi) is 7.24. The molecule has 1 heterocycles. The molecule has 0 radical (unpaired) electrons. The largest absolute Gasteiger partial charge is 0.462 e. The van der Waals surface area contributed by atoms with Crippen molar-refractivity contribution in [3.8, 4) is 0 Å². The van der Waals surface area contributed by atoms with Crippen molar-refractivity contribution in [3.05, 3.63) is 52.3 Å². The molecule has 144 valence electrons. The summed E-state index contributed by atoms with van der Waals surface area (Å²) in [7, 11) is 0. The fourth-order valence-electron chi connectivity index (χ4n) is 2.74. The van der Waals surface area contributed by atoms with Gasteiger partial charge in [0.05, 0.1) is 23.4 Å². The molecule has 2 aromatic rings. The molecule has 27 heavy (non-hydrogen) atoms. The third-order valence-corrected chi connectivity index (χ3v) is 4.89. The number of carbonyl (C=O) groups is 3. The van der Waals surface area contributed by atoms with Gasteiger partial charge in [-0.1, -0.05) is 19.1 Å². The van der Waals surface area contributed by atoms with Gasteiger partial charge < -0.3 is 14.5 Å². The van der Waals surface area contributed by atoms with Crippen LogP contribution in [0.4, 0.5) is 0 Å². The smallest absolute Gasteiger partial charge is 0.340 e. The van der Waals surface area contributed by atoms with Crippen LogP contribution in [0, 0.1) is 13.8 Å². The molecule has 2 rings (SSSR count). The van der Waals surface area contributed by atoms with E-state index in [1.54, 1.807) is 32.9 Å². The molecule has 0 aliphatic heterocycles. The Bertz CT molecular complexity index is 856. The third-order valence-electron chi connectivity index (χ3n) is 3.94. The zero-order chi connectivity index (χ0) is 20.0. The molecule has 7 heteroatoms. The van der Waals surface area contributed by atoms with Crippen molar-refractivity contribution >= 4 is 29.5 Å². The Morgan fingerprint density at radius 3 is 2.41 bits per heavy atom. The van der Waals surface area contributed by atoms with Crippen molar-refractivity contribution in [3.63, 3.8) is 0 Å². The number of thioether (sulfide) groups is 1. The van der Waals surface area contributed by atoms with E-state index in [1.165, 1.54) is 11.8 Å². The zero-order valence-corrected chi connectivity index (χ0v) is 16.7. The molecule has 0 bridgehead atoms. The highest BCUT2D eigenvalue weighted by Gasteiger charge is 2.24. The SMILES string of the molecule is CCOC(=O)c1c(C)[nH]c(C(=O)COC(=O)c2ccccc2SCC)c1C. The number of aryl methyl sites for hydroxylation is 1. The summed E-state index contributed by atoms with van der Waals surface area (Å²) in [5.74, 6) is -0.613. The molecule has 0 saturated carbocycles. The van der Waals surface area contributed by atoms with E-state index in [0.29, 0.717) is 22.4 Å². The van der Waals surface area contributed by atoms with Crippen molar-refractivity contribution < 1.29 is 23.9 Å². The summed E-state index contributed by atoms with van der Waals surface area (Å²) in [5, 5.41) is 0. The number of ether oxygens (including phenoxy) is 2. The number of nitrogens with one attached hydrogen (secondary N) is 1. The molecular formula is C20H23NO5S. The standard InChI is InChI=1S/C20H23NO5S/c1-5-25-20(24)17-12(3)18(21-13(17)4)15(22)11-26-19(23)14-9-7-8-10-16(14)27-6-2/h7-10,21H,5-6,11H2,1-4H3. The van der Waals surface area contributed by atoms with Crippen LogP contribution in [-0.2, 0) is 9.47 Å². The van der Waals surface area contributed by atoms with E-state index in [9.17, 15) is 14.4 Å². The maximum absolute atomic E-state index is 12.5. The number of aromatic nitrogens is 1. The molecule has 0 saturated heterocycles. The Balaban J connectivity index is 2.12. The monoisotopic (exact) mass is 389 g/mol. The van der Waals surface area contributed by atoms with Crippen LogP contribution in [0.25, 0.3) is 0 Å². The normalized spacial score (nSPS) is 10.5. The molecule has 0 unspecified atom stereocenters. The van der Waals surface area contributed by atoms with Gasteiger partial charge in [-0.05, 0) is 44.2 Å². The molecule has 0 atom stereocenters. The summed E-state index contributed by atoms with van der Waals surface area (Å²) < 4.78 is 10.2. The van der Waals surface area contributed by atoms with Crippen molar-refractivity contribution in [1.29, 1.82) is 0 Å². The van der Waals surface area contributed by atoms with E-state index < -0.39 is 24.3 Å². The molecule has 0 fully saturated rings. The molecule has 0 aliphatic rings. The fraction of sp³-hybridized carbons (Fsp3) is 0.350. The topological polar surface area (TPSA) is 85.5 Å². The van der Waals surface area contributed by atoms with E-state index in [0.717, 1.165) is 10.6 Å². The second-order valence-corrected chi connectivity index (χ2v) is 7.08. The first-order chi connectivity index (χ1) is 12.9. The highest BCUT2D eigenvalue weighted by molar-refractivity contribution is 7.99. The Morgan fingerprint density at radius 2 is 1.74 bits per heavy atom. The van der Waals surface area contributed by atoms with Crippen LogP contribution in [0.3, 0.4) is 0 Å². The first-order valence-corrected chi connectivity index (χ1v) is 9.67. The first kappa shape index (κ1) is 20.8. The van der Waals surface area contributed by atoms with Crippen LogP contribution in [0.2, 0.25) is 0 Å². The molecule has 0 amide bonds. The lowest BCUT2D eigenvalue weighted by molar-refractivity contribution is 0.0469. The van der Waals surface area contributed by atoms with Crippen LogP contribution >= 0.6 is 11.8 Å². The van der Waals surface area contributed by atoms with Gasteiger partial charge >= 0.3 is 11.9 Å². The van der Waals surface area contributed by atoms with Gasteiger partial charge in [0.15, 0.2) is 6.61 Å². The summed E-state index contributed by atoms with van der Waals surface area (Å²) in [6.07, 6.45) is 0. The number of esters is 2. The highest BCUT2D eigenvalue weighted by Crippen LogP contribution is 2.23. The number of ketones is 1. The second-order valence-electron chi connectivity index (χ2n) is 5.77. The van der Waals surface area contributed by atoms with Crippen molar-refractivity contribution in [1.82, 2.24) is 4.98 Å². The van der Waals surface area contributed by atoms with Gasteiger partial charge in [0, 0.05) is 10.6 Å². The molecule has 1 N–H and O–H groups in total. The molecule has 0 spiro atoms. The van der Waals surface area contributed by atoms with Crippen LogP contribution in [0.1, 0.15) is 56.3 Å². The number of carbonyl (C=O) groups excluding carboxylic acids is 3. The second kappa shape index (κ2) is 9.41. The van der Waals surface area contributed by atoms with Gasteiger partial charge in [0.2, 0.25) is 5.78 Å². The third kappa shape index (κ3) is 4.80. The Labute approximate surface area is 162 Å². The maximum atomic E-state index is 12.5. The Morgan fingerprint density at radius 1 is 1.04 bits per heavy atom. The van der Waals surface area contributed by atoms with E-state index in [1.807, 2.05) is 19.1 Å². The zero-order valence-electron chi connectivity index (χ0n) is 15.9. The quantitative estimate of drug-likeness (QED) is 0.418. The van der Waals surface area contributed by atoms with E-state index >= 15 is 0 Å². The number of hydrogen-bond acceptors (Lipinski definition) is 6. The number of benzene rings is 1. The van der Waals surface area contributed by atoms with Gasteiger partial charge in [0.1, 0.15) is 0 Å². The van der Waals surface area contributed by atoms with Crippen LogP contribution in [0.5, 0.6) is 0 Å². The van der Waals surface area contributed by atoms with Gasteiger partial charge in [-0.3, -0.25) is 4.79 Å². The van der Waals surface area contributed by atoms with Crippen molar-refractivity contribution in [2.24, 2.45) is 0 Å². The molecule has 1 aromatic heterocycles. The predicted molar refractivity (Wildman–Crippen MR) is 104 cm³/mol. The van der Waals surface area contributed by atoms with Crippen molar-refractivity contribution in [2.45, 2.75) is 32.6 Å². The molecule has 1 aromatic carbocycles. The average Bonchev–Trinajstić information content (AvgIpc) is 2.94. The van der Waals surface area contributed by atoms with Gasteiger partial charge in [-0.25, -0.2) is 9.59 Å². The van der Waals surface area contributed by atoms with Gasteiger partial charge in [-0.2, -0.15) is 0 Å². The average molecular weight is 389 g/mol. The Hall–Kier alpha value is -2.54. The number of aromatic amines is 1. The summed E-state index contributed by atoms with van der Waals surface area (Å²) >= 11 is 1.53. The van der Waals surface area contributed by atoms with E-state index in [2.05, 4.69) is 4.98 Å². The number of hydrogen-bond donors (Lipinski definition) is 1. The van der Waals surface area contributed by atoms with E-state index in [-0.39, 0.29) is 12.3 Å². The molecule has 6 nitrogen and oxygen atoms in total. The van der Waals surface area contributed by atoms with Crippen LogP contribution < -0.4 is 0 Å². The summed E-state index contributed by atoms with van der Waals surface area (Å²) in [6.45, 7) is 6.91. The summed E-state index contributed by atoms with van der Waals surface area (Å²) in [5.41, 5.74) is 2.07. The van der Waals surface area contributed by atoms with Crippen LogP contribution in [0.15, 0.2) is 29.2 Å². The highest BCUT2D eigenvalue weighted by atomic mass is 32.2. The van der Waals surface area contributed by atoms with Gasteiger partial charge in [0.25, 0.3) is 0 Å². The van der Waals surface area contributed by atoms with Gasteiger partial charge in [-0.15, -0.1) is 11.8 Å². The number of H-pyrrole nitrogens is 1. The minimum Gasteiger partial charge on any atom is -0.462 e.